The maximum atomic E-state index is 12.3. The van der Waals surface area contributed by atoms with Crippen molar-refractivity contribution < 1.29 is 9.53 Å². The molecule has 0 unspecified atom stereocenters. The van der Waals surface area contributed by atoms with Gasteiger partial charge in [0.2, 0.25) is 0 Å². The molecule has 3 heterocycles. The van der Waals surface area contributed by atoms with E-state index in [4.69, 9.17) is 4.74 Å². The van der Waals surface area contributed by atoms with E-state index < -0.39 is 0 Å². The number of likely N-dealkylation sites (tertiary alicyclic amines) is 1. The summed E-state index contributed by atoms with van der Waals surface area (Å²) in [5, 5.41) is 1.81. The molecule has 2 saturated heterocycles. The summed E-state index contributed by atoms with van der Waals surface area (Å²) in [6.45, 7) is 7.56. The summed E-state index contributed by atoms with van der Waals surface area (Å²) in [5.74, 6) is 0.0305. The van der Waals surface area contributed by atoms with Gasteiger partial charge in [-0.15, -0.1) is 11.3 Å². The first-order valence-electron chi connectivity index (χ1n) is 6.71. The Morgan fingerprint density at radius 3 is 3.05 bits per heavy atom. The highest BCUT2D eigenvalue weighted by Crippen LogP contribution is 2.25. The van der Waals surface area contributed by atoms with E-state index in [-0.39, 0.29) is 12.0 Å². The molecule has 1 amide bonds. The second-order valence-corrected chi connectivity index (χ2v) is 6.11. The lowest BCUT2D eigenvalue weighted by atomic mass is 10.1. The molecule has 0 saturated carbocycles. The molecule has 2 aliphatic rings. The van der Waals surface area contributed by atoms with Gasteiger partial charge in [-0.05, 0) is 13.8 Å². The second kappa shape index (κ2) is 5.19. The number of fused-ring (bicyclic) bond motifs is 1. The average molecular weight is 281 g/mol. The lowest BCUT2D eigenvalue weighted by molar-refractivity contribution is -0.0582. The third-order valence-electron chi connectivity index (χ3n) is 3.95. The minimum atomic E-state index is 0.0305. The molecular formula is C13H19N3O2S. The maximum Gasteiger partial charge on any atom is 0.273 e. The molecule has 0 bridgehead atoms. The van der Waals surface area contributed by atoms with E-state index in [1.807, 2.05) is 10.3 Å². The van der Waals surface area contributed by atoms with Crippen LogP contribution in [0.5, 0.6) is 0 Å². The Hall–Kier alpha value is -0.980. The van der Waals surface area contributed by atoms with E-state index in [9.17, 15) is 4.79 Å². The molecule has 0 aliphatic carbocycles. The van der Waals surface area contributed by atoms with E-state index in [0.29, 0.717) is 24.3 Å². The van der Waals surface area contributed by atoms with Crippen molar-refractivity contribution in [3.63, 3.8) is 0 Å². The van der Waals surface area contributed by atoms with Crippen molar-refractivity contribution in [1.82, 2.24) is 14.8 Å². The van der Waals surface area contributed by atoms with Gasteiger partial charge in [0, 0.05) is 31.1 Å². The predicted molar refractivity (Wildman–Crippen MR) is 73.4 cm³/mol. The van der Waals surface area contributed by atoms with Gasteiger partial charge in [-0.2, -0.15) is 0 Å². The zero-order valence-electron chi connectivity index (χ0n) is 11.3. The van der Waals surface area contributed by atoms with Gasteiger partial charge in [0.1, 0.15) is 5.69 Å². The standard InChI is InChI=1S/C13H19N3O2S/c1-9(2)16-3-4-18-12-6-15(5-11(12)16)13(17)10-7-19-8-14-10/h7-9,11-12H,3-6H2,1-2H3/t11-,12+/m1/s1. The highest BCUT2D eigenvalue weighted by atomic mass is 32.1. The molecule has 5 nitrogen and oxygen atoms in total. The maximum absolute atomic E-state index is 12.3. The summed E-state index contributed by atoms with van der Waals surface area (Å²) in [6.07, 6.45) is 0.152. The number of amides is 1. The summed E-state index contributed by atoms with van der Waals surface area (Å²) in [7, 11) is 0. The lowest BCUT2D eigenvalue weighted by Crippen LogP contribution is -2.53. The van der Waals surface area contributed by atoms with Crippen LogP contribution in [0.3, 0.4) is 0 Å². The smallest absolute Gasteiger partial charge is 0.273 e. The summed E-state index contributed by atoms with van der Waals surface area (Å²) in [5.41, 5.74) is 2.26. The van der Waals surface area contributed by atoms with Gasteiger partial charge in [-0.3, -0.25) is 9.69 Å². The van der Waals surface area contributed by atoms with Gasteiger partial charge in [0.15, 0.2) is 0 Å². The Labute approximate surface area is 117 Å². The number of ether oxygens (including phenoxy) is 1. The summed E-state index contributed by atoms with van der Waals surface area (Å²) < 4.78 is 5.83. The fourth-order valence-electron chi connectivity index (χ4n) is 3.00. The molecule has 19 heavy (non-hydrogen) atoms. The molecule has 1 aromatic rings. The Bertz CT molecular complexity index is 449. The normalized spacial score (nSPS) is 27.8. The van der Waals surface area contributed by atoms with Crippen molar-refractivity contribution in [2.75, 3.05) is 26.2 Å². The van der Waals surface area contributed by atoms with Crippen LogP contribution in [0.4, 0.5) is 0 Å². The van der Waals surface area contributed by atoms with E-state index >= 15 is 0 Å². The molecule has 2 fully saturated rings. The molecule has 6 heteroatoms. The van der Waals surface area contributed by atoms with Crippen LogP contribution in [0.15, 0.2) is 10.9 Å². The summed E-state index contributed by atoms with van der Waals surface area (Å²) in [6, 6.07) is 0.821. The van der Waals surface area contributed by atoms with Gasteiger partial charge in [0.25, 0.3) is 5.91 Å². The largest absolute Gasteiger partial charge is 0.373 e. The number of hydrogen-bond acceptors (Lipinski definition) is 5. The Kier molecular flexibility index (Phi) is 3.56. The van der Waals surface area contributed by atoms with Crippen LogP contribution in [0, 0.1) is 0 Å². The quantitative estimate of drug-likeness (QED) is 0.814. The van der Waals surface area contributed by atoms with E-state index in [1.165, 1.54) is 11.3 Å². The zero-order valence-corrected chi connectivity index (χ0v) is 12.1. The Morgan fingerprint density at radius 1 is 1.53 bits per heavy atom. The third kappa shape index (κ3) is 2.40. The third-order valence-corrected chi connectivity index (χ3v) is 4.53. The van der Waals surface area contributed by atoms with Crippen molar-refractivity contribution in [3.05, 3.63) is 16.6 Å². The first-order chi connectivity index (χ1) is 9.16. The van der Waals surface area contributed by atoms with E-state index in [1.54, 1.807) is 5.51 Å². The molecule has 1 aromatic heterocycles. The first-order valence-corrected chi connectivity index (χ1v) is 7.66. The van der Waals surface area contributed by atoms with Crippen molar-refractivity contribution in [3.8, 4) is 0 Å². The zero-order chi connectivity index (χ0) is 13.4. The fourth-order valence-corrected chi connectivity index (χ4v) is 3.53. The van der Waals surface area contributed by atoms with Crippen LogP contribution in [0.1, 0.15) is 24.3 Å². The van der Waals surface area contributed by atoms with Gasteiger partial charge >= 0.3 is 0 Å². The number of rotatable bonds is 2. The molecule has 0 N–H and O–H groups in total. The number of aromatic nitrogens is 1. The molecule has 3 rings (SSSR count). The number of thiazole rings is 1. The van der Waals surface area contributed by atoms with Crippen molar-refractivity contribution >= 4 is 17.2 Å². The SMILES string of the molecule is CC(C)N1CCO[C@H]2CN(C(=O)c3cscn3)C[C@H]21. The number of carbonyl (C=O) groups is 1. The van der Waals surface area contributed by atoms with Crippen molar-refractivity contribution in [1.29, 1.82) is 0 Å². The topological polar surface area (TPSA) is 45.7 Å². The molecule has 2 aliphatic heterocycles. The van der Waals surface area contributed by atoms with Crippen LogP contribution in [0.2, 0.25) is 0 Å². The van der Waals surface area contributed by atoms with E-state index in [0.717, 1.165) is 19.7 Å². The summed E-state index contributed by atoms with van der Waals surface area (Å²) >= 11 is 1.46. The number of nitrogens with zero attached hydrogens (tertiary/aromatic N) is 3. The average Bonchev–Trinajstić information content (AvgIpc) is 3.06. The van der Waals surface area contributed by atoms with Crippen LogP contribution < -0.4 is 0 Å². The highest BCUT2D eigenvalue weighted by molar-refractivity contribution is 7.07. The minimum absolute atomic E-state index is 0.0305. The Morgan fingerprint density at radius 2 is 2.37 bits per heavy atom. The van der Waals surface area contributed by atoms with Crippen LogP contribution in [0.25, 0.3) is 0 Å². The van der Waals surface area contributed by atoms with E-state index in [2.05, 4.69) is 23.7 Å². The van der Waals surface area contributed by atoms with Gasteiger partial charge in [0.05, 0.1) is 24.3 Å². The number of carbonyl (C=O) groups excluding carboxylic acids is 1. The second-order valence-electron chi connectivity index (χ2n) is 5.39. The lowest BCUT2D eigenvalue weighted by Gasteiger charge is -2.39. The van der Waals surface area contributed by atoms with Crippen molar-refractivity contribution in [2.24, 2.45) is 0 Å². The predicted octanol–water partition coefficient (Wildman–Crippen LogP) is 1.08. The van der Waals surface area contributed by atoms with Gasteiger partial charge in [-0.1, -0.05) is 0 Å². The molecule has 2 atom stereocenters. The minimum Gasteiger partial charge on any atom is -0.373 e. The van der Waals surface area contributed by atoms with Crippen LogP contribution >= 0.6 is 11.3 Å². The van der Waals surface area contributed by atoms with Crippen LogP contribution in [-0.2, 0) is 4.74 Å². The molecule has 0 radical (unpaired) electrons. The van der Waals surface area contributed by atoms with Gasteiger partial charge in [-0.25, -0.2) is 4.98 Å². The number of morpholine rings is 1. The molecule has 0 aromatic carbocycles. The summed E-state index contributed by atoms with van der Waals surface area (Å²) in [4.78, 5) is 20.8. The molecule has 0 spiro atoms. The number of hydrogen-bond donors (Lipinski definition) is 0. The molecular weight excluding hydrogens is 262 g/mol. The van der Waals surface area contributed by atoms with Crippen LogP contribution in [-0.4, -0.2) is 65.1 Å². The molecule has 104 valence electrons. The monoisotopic (exact) mass is 281 g/mol. The Balaban J connectivity index is 1.73. The van der Waals surface area contributed by atoms with Crippen molar-refractivity contribution in [2.45, 2.75) is 32.0 Å². The fraction of sp³-hybridized carbons (Fsp3) is 0.692. The first kappa shape index (κ1) is 13.0. The highest BCUT2D eigenvalue weighted by Gasteiger charge is 2.42. The van der Waals surface area contributed by atoms with Gasteiger partial charge < -0.3 is 9.64 Å².